The topological polar surface area (TPSA) is 54.6 Å². The van der Waals surface area contributed by atoms with Gasteiger partial charge < -0.3 is 15.4 Å². The normalized spacial score (nSPS) is 24.9. The lowest BCUT2D eigenvalue weighted by Gasteiger charge is -2.23. The van der Waals surface area contributed by atoms with E-state index in [0.717, 1.165) is 23.8 Å². The second-order valence-electron chi connectivity index (χ2n) is 5.04. The van der Waals surface area contributed by atoms with Crippen molar-refractivity contribution in [3.8, 4) is 5.75 Å². The van der Waals surface area contributed by atoms with Crippen molar-refractivity contribution in [3.05, 3.63) is 0 Å². The molecular weight excluding hydrogens is 248 g/mol. The number of hydrogen-bond acceptors (Lipinski definition) is 6. The number of ether oxygens (including phenoxy) is 1. The molecule has 1 aromatic rings. The van der Waals surface area contributed by atoms with E-state index in [1.165, 1.54) is 43.9 Å². The van der Waals surface area contributed by atoms with E-state index < -0.39 is 0 Å². The van der Waals surface area contributed by atoms with Crippen LogP contribution in [0.15, 0.2) is 0 Å². The summed E-state index contributed by atoms with van der Waals surface area (Å²) in [5.41, 5.74) is 5.81. The first-order valence-corrected chi connectivity index (χ1v) is 7.35. The lowest BCUT2D eigenvalue weighted by Crippen LogP contribution is -2.35. The van der Waals surface area contributed by atoms with Crippen molar-refractivity contribution in [3.63, 3.8) is 0 Å². The van der Waals surface area contributed by atoms with E-state index in [1.54, 1.807) is 7.11 Å². The molecule has 1 aromatic heterocycles. The maximum atomic E-state index is 5.81. The highest BCUT2D eigenvalue weighted by Gasteiger charge is 2.31. The molecule has 6 heteroatoms. The van der Waals surface area contributed by atoms with Crippen LogP contribution in [0.1, 0.15) is 19.3 Å². The number of likely N-dealkylation sites (tertiary alicyclic amines) is 1. The van der Waals surface area contributed by atoms with Gasteiger partial charge in [-0.05, 0) is 43.9 Å². The summed E-state index contributed by atoms with van der Waals surface area (Å²) in [4.78, 5) is 4.99. The number of rotatable bonds is 3. The molecule has 100 valence electrons. The molecule has 3 rings (SSSR count). The van der Waals surface area contributed by atoms with E-state index in [0.29, 0.717) is 11.9 Å². The molecule has 18 heavy (non-hydrogen) atoms. The fourth-order valence-electron chi connectivity index (χ4n) is 3.01. The van der Waals surface area contributed by atoms with Gasteiger partial charge in [0.15, 0.2) is 16.6 Å². The molecule has 2 fully saturated rings. The second kappa shape index (κ2) is 4.93. The smallest absolute Gasteiger partial charge is 0.197 e. The molecular formula is C12H20N4OS. The molecule has 1 unspecified atom stereocenters. The lowest BCUT2D eigenvalue weighted by atomic mass is 10.2. The predicted octanol–water partition coefficient (Wildman–Crippen LogP) is 1.41. The standard InChI is InChI=1S/C12H20N4OS/c1-17-10-11(13)14-18-12(10)16-7-4-9(8-16)15-5-2-3-6-15/h9H,2-8H2,1H3,(H2,13,14). The highest BCUT2D eigenvalue weighted by Crippen LogP contribution is 2.40. The Labute approximate surface area is 112 Å². The van der Waals surface area contributed by atoms with Gasteiger partial charge in [-0.3, -0.25) is 4.90 Å². The average molecular weight is 268 g/mol. The first kappa shape index (κ1) is 12.0. The molecule has 3 heterocycles. The summed E-state index contributed by atoms with van der Waals surface area (Å²) in [7, 11) is 1.66. The molecule has 2 aliphatic rings. The Bertz CT molecular complexity index is 416. The van der Waals surface area contributed by atoms with Gasteiger partial charge in [0, 0.05) is 19.1 Å². The molecule has 0 aliphatic carbocycles. The van der Waals surface area contributed by atoms with Gasteiger partial charge in [0.1, 0.15) is 0 Å². The fraction of sp³-hybridized carbons (Fsp3) is 0.750. The van der Waals surface area contributed by atoms with E-state index in [2.05, 4.69) is 14.2 Å². The van der Waals surface area contributed by atoms with E-state index in [4.69, 9.17) is 10.5 Å². The first-order valence-electron chi connectivity index (χ1n) is 6.57. The predicted molar refractivity (Wildman–Crippen MR) is 74.5 cm³/mol. The fourth-order valence-corrected chi connectivity index (χ4v) is 3.83. The van der Waals surface area contributed by atoms with Gasteiger partial charge in [0.05, 0.1) is 7.11 Å². The maximum absolute atomic E-state index is 5.81. The lowest BCUT2D eigenvalue weighted by molar-refractivity contribution is 0.260. The van der Waals surface area contributed by atoms with Crippen molar-refractivity contribution < 1.29 is 4.74 Å². The Kier molecular flexibility index (Phi) is 3.30. The van der Waals surface area contributed by atoms with Crippen molar-refractivity contribution in [2.24, 2.45) is 0 Å². The van der Waals surface area contributed by atoms with Crippen LogP contribution in [0.4, 0.5) is 10.8 Å². The van der Waals surface area contributed by atoms with Gasteiger partial charge in [-0.15, -0.1) is 0 Å². The van der Waals surface area contributed by atoms with Crippen molar-refractivity contribution in [1.82, 2.24) is 9.27 Å². The third-order valence-electron chi connectivity index (χ3n) is 3.97. The Hall–Kier alpha value is -1.01. The summed E-state index contributed by atoms with van der Waals surface area (Å²) in [6.07, 6.45) is 3.95. The highest BCUT2D eigenvalue weighted by molar-refractivity contribution is 7.11. The Morgan fingerprint density at radius 3 is 2.83 bits per heavy atom. The number of nitrogens with zero attached hydrogens (tertiary/aromatic N) is 3. The third-order valence-corrected chi connectivity index (χ3v) is 4.87. The van der Waals surface area contributed by atoms with Crippen LogP contribution in [0, 0.1) is 0 Å². The SMILES string of the molecule is COc1c(N)nsc1N1CCC(N2CCCC2)C1. The van der Waals surface area contributed by atoms with Gasteiger partial charge >= 0.3 is 0 Å². The van der Waals surface area contributed by atoms with Crippen molar-refractivity contribution >= 4 is 22.4 Å². The average Bonchev–Trinajstić information content (AvgIpc) is 3.08. The van der Waals surface area contributed by atoms with Crippen LogP contribution in [-0.4, -0.2) is 48.6 Å². The molecule has 1 atom stereocenters. The van der Waals surface area contributed by atoms with Gasteiger partial charge in [-0.2, -0.15) is 4.37 Å². The number of nitrogen functional groups attached to an aromatic ring is 1. The van der Waals surface area contributed by atoms with Gasteiger partial charge in [-0.1, -0.05) is 0 Å². The first-order chi connectivity index (χ1) is 8.79. The van der Waals surface area contributed by atoms with Crippen LogP contribution in [0.3, 0.4) is 0 Å². The molecule has 0 bridgehead atoms. The van der Waals surface area contributed by atoms with Crippen molar-refractivity contribution in [2.75, 3.05) is 43.9 Å². The van der Waals surface area contributed by atoms with E-state index in [-0.39, 0.29) is 0 Å². The Balaban J connectivity index is 1.71. The van der Waals surface area contributed by atoms with Crippen LogP contribution >= 0.6 is 11.5 Å². The number of hydrogen-bond donors (Lipinski definition) is 1. The molecule has 0 amide bonds. The van der Waals surface area contributed by atoms with E-state index >= 15 is 0 Å². The zero-order chi connectivity index (χ0) is 12.5. The molecule has 2 saturated heterocycles. The number of anilines is 2. The minimum Gasteiger partial charge on any atom is -0.490 e. The summed E-state index contributed by atoms with van der Waals surface area (Å²) in [5, 5.41) is 1.09. The molecule has 0 saturated carbocycles. The Morgan fingerprint density at radius 1 is 1.33 bits per heavy atom. The molecule has 0 aromatic carbocycles. The zero-order valence-electron chi connectivity index (χ0n) is 10.8. The van der Waals surface area contributed by atoms with Crippen LogP contribution in [-0.2, 0) is 0 Å². The number of methoxy groups -OCH3 is 1. The quantitative estimate of drug-likeness (QED) is 0.898. The van der Waals surface area contributed by atoms with Gasteiger partial charge in [0.25, 0.3) is 0 Å². The van der Waals surface area contributed by atoms with Crippen LogP contribution in [0.5, 0.6) is 5.75 Å². The molecule has 5 nitrogen and oxygen atoms in total. The monoisotopic (exact) mass is 268 g/mol. The summed E-state index contributed by atoms with van der Waals surface area (Å²) in [6.45, 7) is 4.69. The maximum Gasteiger partial charge on any atom is 0.197 e. The van der Waals surface area contributed by atoms with Crippen molar-refractivity contribution in [2.45, 2.75) is 25.3 Å². The molecule has 2 aliphatic heterocycles. The largest absolute Gasteiger partial charge is 0.490 e. The minimum absolute atomic E-state index is 0.516. The van der Waals surface area contributed by atoms with Crippen LogP contribution < -0.4 is 15.4 Å². The third kappa shape index (κ3) is 2.03. The summed E-state index contributed by atoms with van der Waals surface area (Å²) < 4.78 is 9.55. The molecule has 0 radical (unpaired) electrons. The summed E-state index contributed by atoms with van der Waals surface area (Å²) >= 11 is 1.45. The second-order valence-corrected chi connectivity index (χ2v) is 5.79. The number of nitrogens with two attached hydrogens (primary N) is 1. The summed E-state index contributed by atoms with van der Waals surface area (Å²) in [5.74, 6) is 1.27. The Morgan fingerprint density at radius 2 is 2.11 bits per heavy atom. The summed E-state index contributed by atoms with van der Waals surface area (Å²) in [6, 6.07) is 0.695. The van der Waals surface area contributed by atoms with Crippen molar-refractivity contribution in [1.29, 1.82) is 0 Å². The molecule has 0 spiro atoms. The van der Waals surface area contributed by atoms with Crippen LogP contribution in [0.25, 0.3) is 0 Å². The number of aromatic nitrogens is 1. The van der Waals surface area contributed by atoms with Gasteiger partial charge in [0.2, 0.25) is 0 Å². The van der Waals surface area contributed by atoms with E-state index in [9.17, 15) is 0 Å². The highest BCUT2D eigenvalue weighted by atomic mass is 32.1. The van der Waals surface area contributed by atoms with Crippen LogP contribution in [0.2, 0.25) is 0 Å². The molecule has 2 N–H and O–H groups in total. The minimum atomic E-state index is 0.516. The van der Waals surface area contributed by atoms with Gasteiger partial charge in [-0.25, -0.2) is 0 Å². The zero-order valence-corrected chi connectivity index (χ0v) is 11.6. The van der Waals surface area contributed by atoms with E-state index in [1.807, 2.05) is 0 Å².